The fourth-order valence-corrected chi connectivity index (χ4v) is 2.32. The van der Waals surface area contributed by atoms with Gasteiger partial charge in [0.15, 0.2) is 0 Å². The first-order valence-electron chi connectivity index (χ1n) is 5.83. The number of nitriles is 1. The molecule has 1 fully saturated rings. The smallest absolute Gasteiger partial charge is 0.273 e. The number of aryl methyl sites for hydroxylation is 1. The first kappa shape index (κ1) is 12.8. The van der Waals surface area contributed by atoms with Gasteiger partial charge >= 0.3 is 0 Å². The largest absolute Gasteiger partial charge is 0.321 e. The summed E-state index contributed by atoms with van der Waals surface area (Å²) < 4.78 is 0. The molecule has 2 rings (SSSR count). The predicted octanol–water partition coefficient (Wildman–Crippen LogP) is 1.96. The second-order valence-electron chi connectivity index (χ2n) is 4.30. The third-order valence-electron chi connectivity index (χ3n) is 2.96. The van der Waals surface area contributed by atoms with E-state index in [1.54, 1.807) is 17.9 Å². The minimum atomic E-state index is -0.361. The first-order valence-corrected chi connectivity index (χ1v) is 6.21. The van der Waals surface area contributed by atoms with Crippen molar-refractivity contribution in [3.8, 4) is 6.07 Å². The average Bonchev–Trinajstić information content (AvgIpc) is 2.36. The van der Waals surface area contributed by atoms with Gasteiger partial charge in [-0.25, -0.2) is 9.97 Å². The molecule has 0 saturated carbocycles. The lowest BCUT2D eigenvalue weighted by Crippen LogP contribution is -2.43. The van der Waals surface area contributed by atoms with Gasteiger partial charge < -0.3 is 4.90 Å². The lowest BCUT2D eigenvalue weighted by molar-refractivity contribution is 0.0664. The average molecular weight is 265 g/mol. The molecule has 0 bridgehead atoms. The molecule has 94 valence electrons. The van der Waals surface area contributed by atoms with E-state index < -0.39 is 0 Å². The number of nitrogens with zero attached hydrogens (tertiary/aromatic N) is 4. The predicted molar refractivity (Wildman–Crippen MR) is 66.1 cm³/mol. The van der Waals surface area contributed by atoms with Crippen molar-refractivity contribution in [1.29, 1.82) is 5.26 Å². The molecule has 0 aliphatic carbocycles. The Morgan fingerprint density at radius 1 is 1.56 bits per heavy atom. The van der Waals surface area contributed by atoms with E-state index in [2.05, 4.69) is 16.0 Å². The molecule has 0 radical (unpaired) electrons. The maximum atomic E-state index is 12.3. The number of likely N-dealkylation sites (tertiary alicyclic amines) is 1. The van der Waals surface area contributed by atoms with E-state index in [1.165, 1.54) is 0 Å². The molecular formula is C12H13ClN4O. The molecule has 0 aromatic carbocycles. The highest BCUT2D eigenvalue weighted by molar-refractivity contribution is 6.28. The third kappa shape index (κ3) is 2.59. The highest BCUT2D eigenvalue weighted by Gasteiger charge is 2.28. The van der Waals surface area contributed by atoms with Crippen LogP contribution in [0.15, 0.2) is 6.07 Å². The molecule has 1 aromatic rings. The fourth-order valence-electron chi connectivity index (χ4n) is 2.10. The quantitative estimate of drug-likeness (QED) is 0.727. The number of halogens is 1. The summed E-state index contributed by atoms with van der Waals surface area (Å²) in [5.74, 6) is -0.242. The van der Waals surface area contributed by atoms with Crippen molar-refractivity contribution in [1.82, 2.24) is 14.9 Å². The Balaban J connectivity index is 2.27. The summed E-state index contributed by atoms with van der Waals surface area (Å²) in [4.78, 5) is 21.7. The Morgan fingerprint density at radius 2 is 2.33 bits per heavy atom. The molecule has 1 saturated heterocycles. The van der Waals surface area contributed by atoms with Gasteiger partial charge in [0.05, 0.1) is 6.07 Å². The zero-order chi connectivity index (χ0) is 13.1. The van der Waals surface area contributed by atoms with Gasteiger partial charge in [0.1, 0.15) is 11.7 Å². The molecule has 1 aromatic heterocycles. The fraction of sp³-hybridized carbons (Fsp3) is 0.500. The Morgan fingerprint density at radius 3 is 3.00 bits per heavy atom. The van der Waals surface area contributed by atoms with Crippen molar-refractivity contribution in [2.75, 3.05) is 6.54 Å². The highest BCUT2D eigenvalue weighted by Crippen LogP contribution is 2.19. The van der Waals surface area contributed by atoms with E-state index >= 15 is 0 Å². The Labute approximate surface area is 110 Å². The van der Waals surface area contributed by atoms with E-state index in [0.717, 1.165) is 19.3 Å². The number of rotatable bonds is 1. The Bertz CT molecular complexity index is 491. The number of piperidine rings is 1. The summed E-state index contributed by atoms with van der Waals surface area (Å²) in [5, 5.41) is 9.12. The second-order valence-corrected chi connectivity index (χ2v) is 4.64. The second kappa shape index (κ2) is 5.32. The van der Waals surface area contributed by atoms with Crippen LogP contribution in [0.4, 0.5) is 0 Å². The Kier molecular flexibility index (Phi) is 3.78. The first-order chi connectivity index (χ1) is 8.61. The van der Waals surface area contributed by atoms with Gasteiger partial charge in [-0.3, -0.25) is 4.79 Å². The van der Waals surface area contributed by atoms with Crippen molar-refractivity contribution in [2.45, 2.75) is 32.2 Å². The van der Waals surface area contributed by atoms with E-state index in [4.69, 9.17) is 16.9 Å². The lowest BCUT2D eigenvalue weighted by atomic mass is 10.0. The van der Waals surface area contributed by atoms with E-state index in [1.807, 2.05) is 0 Å². The standard InChI is InChI=1S/C12H13ClN4O/c1-8-6-10(16-12(13)15-8)11(18)17-5-3-2-4-9(17)7-14/h6,9H,2-5H2,1H3. The summed E-state index contributed by atoms with van der Waals surface area (Å²) in [6.45, 7) is 2.35. The van der Waals surface area contributed by atoms with Crippen LogP contribution in [0.2, 0.25) is 5.28 Å². The normalized spacial score (nSPS) is 19.4. The van der Waals surface area contributed by atoms with Gasteiger partial charge in [0.25, 0.3) is 5.91 Å². The summed E-state index contributed by atoms with van der Waals surface area (Å²) in [6, 6.07) is 3.40. The number of amides is 1. The van der Waals surface area contributed by atoms with Gasteiger partial charge in [-0.1, -0.05) is 0 Å². The van der Waals surface area contributed by atoms with E-state index in [-0.39, 0.29) is 22.9 Å². The van der Waals surface area contributed by atoms with Gasteiger partial charge in [-0.05, 0) is 43.9 Å². The number of carbonyl (C=O) groups is 1. The van der Waals surface area contributed by atoms with Crippen LogP contribution in [-0.4, -0.2) is 33.4 Å². The molecule has 2 heterocycles. The summed E-state index contributed by atoms with van der Waals surface area (Å²) in [5.41, 5.74) is 0.901. The van der Waals surface area contributed by atoms with Crippen LogP contribution in [-0.2, 0) is 0 Å². The number of aromatic nitrogens is 2. The zero-order valence-corrected chi connectivity index (χ0v) is 10.8. The van der Waals surface area contributed by atoms with Gasteiger partial charge in [0.2, 0.25) is 5.28 Å². The topological polar surface area (TPSA) is 69.9 Å². The molecule has 1 unspecified atom stereocenters. The van der Waals surface area contributed by atoms with Crippen LogP contribution in [0.5, 0.6) is 0 Å². The molecule has 18 heavy (non-hydrogen) atoms. The highest BCUT2D eigenvalue weighted by atomic mass is 35.5. The van der Waals surface area contributed by atoms with Crippen molar-refractivity contribution >= 4 is 17.5 Å². The maximum Gasteiger partial charge on any atom is 0.273 e. The van der Waals surface area contributed by atoms with Gasteiger partial charge in [-0.2, -0.15) is 5.26 Å². The molecule has 1 atom stereocenters. The van der Waals surface area contributed by atoms with Crippen molar-refractivity contribution in [3.63, 3.8) is 0 Å². The summed E-state index contributed by atoms with van der Waals surface area (Å²) >= 11 is 5.75. The Hall–Kier alpha value is -1.67. The van der Waals surface area contributed by atoms with Crippen molar-refractivity contribution in [2.24, 2.45) is 0 Å². The molecular weight excluding hydrogens is 252 g/mol. The van der Waals surface area contributed by atoms with Crippen LogP contribution in [0, 0.1) is 18.3 Å². The monoisotopic (exact) mass is 264 g/mol. The van der Waals surface area contributed by atoms with Gasteiger partial charge in [-0.15, -0.1) is 0 Å². The minimum absolute atomic E-state index is 0.0591. The van der Waals surface area contributed by atoms with Crippen molar-refractivity contribution < 1.29 is 4.79 Å². The molecule has 0 spiro atoms. The van der Waals surface area contributed by atoms with Crippen LogP contribution >= 0.6 is 11.6 Å². The SMILES string of the molecule is Cc1cc(C(=O)N2CCCCC2C#N)nc(Cl)n1. The molecule has 1 aliphatic heterocycles. The van der Waals surface area contributed by atoms with Gasteiger partial charge in [0, 0.05) is 12.2 Å². The van der Waals surface area contributed by atoms with E-state index in [0.29, 0.717) is 12.2 Å². The minimum Gasteiger partial charge on any atom is -0.321 e. The van der Waals surface area contributed by atoms with E-state index in [9.17, 15) is 4.79 Å². The number of hydrogen-bond acceptors (Lipinski definition) is 4. The van der Waals surface area contributed by atoms with Crippen molar-refractivity contribution in [3.05, 3.63) is 22.7 Å². The number of carbonyl (C=O) groups excluding carboxylic acids is 1. The van der Waals surface area contributed by atoms with Crippen LogP contribution in [0.25, 0.3) is 0 Å². The molecule has 1 amide bonds. The van der Waals surface area contributed by atoms with Crippen LogP contribution in [0.3, 0.4) is 0 Å². The zero-order valence-electron chi connectivity index (χ0n) is 10.1. The molecule has 6 heteroatoms. The number of hydrogen-bond donors (Lipinski definition) is 0. The molecule has 0 N–H and O–H groups in total. The van der Waals surface area contributed by atoms with Crippen LogP contribution < -0.4 is 0 Å². The summed E-state index contributed by atoms with van der Waals surface area (Å²) in [7, 11) is 0. The summed E-state index contributed by atoms with van der Waals surface area (Å²) in [6.07, 6.45) is 2.62. The van der Waals surface area contributed by atoms with Crippen LogP contribution in [0.1, 0.15) is 35.4 Å². The molecule has 5 nitrogen and oxygen atoms in total. The molecule has 1 aliphatic rings. The lowest BCUT2D eigenvalue weighted by Gasteiger charge is -2.31. The third-order valence-corrected chi connectivity index (χ3v) is 3.13. The maximum absolute atomic E-state index is 12.3.